The maximum atomic E-state index is 13.0. The summed E-state index contributed by atoms with van der Waals surface area (Å²) in [5, 5.41) is 9.12. The van der Waals surface area contributed by atoms with Gasteiger partial charge in [0.1, 0.15) is 13.1 Å². The lowest BCUT2D eigenvalue weighted by molar-refractivity contribution is -0.814. The van der Waals surface area contributed by atoms with Crippen LogP contribution in [-0.2, 0) is 19.4 Å². The predicted octanol–water partition coefficient (Wildman–Crippen LogP) is 7.52. The number of hydrogen-bond donors (Lipinski definition) is 0. The summed E-state index contributed by atoms with van der Waals surface area (Å²) >= 11 is 0. The van der Waals surface area contributed by atoms with E-state index in [0.29, 0.717) is 19.4 Å². The Balaban J connectivity index is 0.00000265. The molecule has 1 rings (SSSR count). The first-order valence-corrected chi connectivity index (χ1v) is 18.5. The average Bonchev–Trinajstić information content (AvgIpc) is 3.35. The summed E-state index contributed by atoms with van der Waals surface area (Å²) < 4.78 is 31.9. The molecule has 1 aliphatic rings. The summed E-state index contributed by atoms with van der Waals surface area (Å²) in [5.41, 5.74) is 0. The van der Waals surface area contributed by atoms with Crippen LogP contribution in [-0.4, -0.2) is 81.0 Å². The van der Waals surface area contributed by atoms with E-state index in [1.807, 2.05) is 4.90 Å². The second-order valence-electron chi connectivity index (χ2n) is 12.2. The number of nitriles is 1. The number of amides is 1. The molecule has 0 aromatic heterocycles. The molecule has 0 radical (unpaired) electrons. The smallest absolute Gasteiger partial charge is 0.222 e. The number of hydrogen-bond acceptors (Lipinski definition) is 7. The van der Waals surface area contributed by atoms with Crippen LogP contribution in [0.25, 0.3) is 0 Å². The van der Waals surface area contributed by atoms with Crippen molar-refractivity contribution >= 4 is 22.1 Å². The second-order valence-corrected chi connectivity index (χ2v) is 13.3. The number of nitrogens with zero attached hydrogens (tertiary/aromatic N) is 4. The molecule has 0 aliphatic carbocycles. The Labute approximate surface area is 265 Å². The van der Waals surface area contributed by atoms with E-state index >= 15 is 0 Å². The quantitative estimate of drug-likeness (QED) is 0.0422. The summed E-state index contributed by atoms with van der Waals surface area (Å²) in [6, 6.07) is 2.24. The van der Waals surface area contributed by atoms with Gasteiger partial charge in [-0.3, -0.25) is 13.5 Å². The van der Waals surface area contributed by atoms with Crippen molar-refractivity contribution in [2.75, 3.05) is 46.9 Å². The van der Waals surface area contributed by atoms with E-state index in [1.54, 1.807) is 0 Å². The van der Waals surface area contributed by atoms with Crippen molar-refractivity contribution in [3.05, 3.63) is 0 Å². The fourth-order valence-corrected chi connectivity index (χ4v) is 5.52. The number of likely N-dealkylation sites (N-methyl/N-ethyl adjacent to an activating group) is 1. The average molecular weight is 629 g/mol. The molecule has 1 amide bonds. The van der Waals surface area contributed by atoms with Gasteiger partial charge in [0, 0.05) is 19.4 Å². The first kappa shape index (κ1) is 41.5. The van der Waals surface area contributed by atoms with E-state index in [0.717, 1.165) is 57.0 Å². The number of aliphatic imine (C=N–C) groups is 1. The van der Waals surface area contributed by atoms with Gasteiger partial charge >= 0.3 is 0 Å². The molecular weight excluding hydrogens is 564 g/mol. The van der Waals surface area contributed by atoms with Crippen LogP contribution >= 0.6 is 0 Å². The van der Waals surface area contributed by atoms with Crippen molar-refractivity contribution in [2.24, 2.45) is 4.99 Å². The van der Waals surface area contributed by atoms with Crippen LogP contribution in [0, 0.1) is 11.3 Å². The molecule has 0 fully saturated rings. The van der Waals surface area contributed by atoms with Gasteiger partial charge < -0.3 is 9.45 Å². The van der Waals surface area contributed by atoms with Crippen LogP contribution in [0.4, 0.5) is 0 Å². The van der Waals surface area contributed by atoms with Gasteiger partial charge in [0.15, 0.2) is 5.84 Å². The van der Waals surface area contributed by atoms with Crippen LogP contribution < -0.4 is 0 Å². The first-order valence-electron chi connectivity index (χ1n) is 17.2. The maximum Gasteiger partial charge on any atom is 0.222 e. The second kappa shape index (κ2) is 26.8. The number of rotatable bonds is 26. The number of quaternary nitrogens is 1. The van der Waals surface area contributed by atoms with Gasteiger partial charge in [-0.2, -0.15) is 5.26 Å². The van der Waals surface area contributed by atoms with Crippen molar-refractivity contribution in [3.8, 4) is 6.07 Å². The molecule has 10 heteroatoms. The predicted molar refractivity (Wildman–Crippen MR) is 175 cm³/mol. The zero-order chi connectivity index (χ0) is 32.2. The molecule has 0 saturated heterocycles. The van der Waals surface area contributed by atoms with E-state index in [9.17, 15) is 17.8 Å². The Kier molecular flexibility index (Phi) is 25.9. The van der Waals surface area contributed by atoms with E-state index in [-0.39, 0.29) is 5.91 Å². The third-order valence-corrected chi connectivity index (χ3v) is 8.83. The molecule has 0 N–H and O–H groups in total. The lowest BCUT2D eigenvalue weighted by Gasteiger charge is -2.33. The largest absolute Gasteiger partial charge is 0.726 e. The Morgan fingerprint density at radius 2 is 1.35 bits per heavy atom. The standard InChI is InChI=1S/C32H61N4O.CH4O4S/c1-4-6-8-10-12-14-16-18-20-23-31-34-26-29-36(31,3)30-28-35(27-22-25-33)32(37)24-21-19-17-15-13-11-9-7-5-2;1-5-6(2,3)4/h4-24,26-30H2,1-3H3;1H3,(H,2,3,4)/q+1;/p-1. The van der Waals surface area contributed by atoms with Gasteiger partial charge in [0.05, 0.1) is 39.7 Å². The minimum Gasteiger partial charge on any atom is -0.726 e. The normalized spacial score (nSPS) is 16.3. The Bertz CT molecular complexity index is 875. The van der Waals surface area contributed by atoms with E-state index < -0.39 is 10.4 Å². The molecule has 1 atom stereocenters. The van der Waals surface area contributed by atoms with Crippen molar-refractivity contribution in [1.29, 1.82) is 5.26 Å². The summed E-state index contributed by atoms with van der Waals surface area (Å²) in [5.74, 6) is 1.57. The molecule has 1 aliphatic heterocycles. The van der Waals surface area contributed by atoms with Gasteiger partial charge in [-0.25, -0.2) is 13.4 Å². The minimum atomic E-state index is -4.41. The highest BCUT2D eigenvalue weighted by Gasteiger charge is 2.33. The van der Waals surface area contributed by atoms with Crippen LogP contribution in [0.3, 0.4) is 0 Å². The van der Waals surface area contributed by atoms with Gasteiger partial charge in [0.25, 0.3) is 0 Å². The summed E-state index contributed by atoms with van der Waals surface area (Å²) in [6.45, 7) is 8.72. The lowest BCUT2D eigenvalue weighted by atomic mass is 10.1. The minimum absolute atomic E-state index is 0.237. The van der Waals surface area contributed by atoms with Crippen molar-refractivity contribution in [2.45, 2.75) is 149 Å². The molecule has 252 valence electrons. The Morgan fingerprint density at radius 1 is 0.884 bits per heavy atom. The summed E-state index contributed by atoms with van der Waals surface area (Å²) in [7, 11) is -1.31. The molecule has 0 bridgehead atoms. The molecule has 9 nitrogen and oxygen atoms in total. The topological polar surface area (TPSA) is 123 Å². The van der Waals surface area contributed by atoms with Gasteiger partial charge in [-0.1, -0.05) is 117 Å². The summed E-state index contributed by atoms with van der Waals surface area (Å²) in [4.78, 5) is 19.8. The molecule has 0 saturated carbocycles. The third-order valence-electron chi connectivity index (χ3n) is 8.42. The highest BCUT2D eigenvalue weighted by atomic mass is 32.3. The number of carbonyl (C=O) groups is 1. The molecule has 43 heavy (non-hydrogen) atoms. The number of carbonyl (C=O) groups excluding carboxylic acids is 1. The number of unbranched alkanes of at least 4 members (excludes halogenated alkanes) is 16. The fourth-order valence-electron chi connectivity index (χ4n) is 5.52. The molecule has 0 spiro atoms. The molecule has 1 unspecified atom stereocenters. The first-order chi connectivity index (χ1) is 20.6. The number of amidine groups is 1. The highest BCUT2D eigenvalue weighted by molar-refractivity contribution is 7.80. The third kappa shape index (κ3) is 23.5. The van der Waals surface area contributed by atoms with Crippen LogP contribution in [0.2, 0.25) is 0 Å². The lowest BCUT2D eigenvalue weighted by Crippen LogP contribution is -2.52. The molecule has 0 aromatic rings. The van der Waals surface area contributed by atoms with Crippen molar-refractivity contribution in [1.82, 2.24) is 4.90 Å². The van der Waals surface area contributed by atoms with Crippen molar-refractivity contribution < 1.29 is 26.4 Å². The van der Waals surface area contributed by atoms with Gasteiger partial charge in [0.2, 0.25) is 16.3 Å². The highest BCUT2D eigenvalue weighted by Crippen LogP contribution is 2.19. The maximum absolute atomic E-state index is 13.0. The van der Waals surface area contributed by atoms with Crippen LogP contribution in [0.15, 0.2) is 4.99 Å². The zero-order valence-electron chi connectivity index (χ0n) is 28.1. The van der Waals surface area contributed by atoms with Crippen LogP contribution in [0.5, 0.6) is 0 Å². The van der Waals surface area contributed by atoms with Gasteiger partial charge in [-0.15, -0.1) is 0 Å². The molecular formula is C33H64N4O5S. The van der Waals surface area contributed by atoms with E-state index in [2.05, 4.69) is 31.1 Å². The monoisotopic (exact) mass is 628 g/mol. The van der Waals surface area contributed by atoms with Crippen molar-refractivity contribution in [3.63, 3.8) is 0 Å². The SMILES string of the molecule is CCCCCCCCCCCC(=O)N(CCC#N)CC[N+]1(C)CCN=C1CCCCCCCCCCC.COS(=O)(=O)[O-]. The summed E-state index contributed by atoms with van der Waals surface area (Å²) in [6.07, 6.45) is 25.7. The molecule has 0 aromatic carbocycles. The Hall–Kier alpha value is -1.54. The fraction of sp³-hybridized carbons (Fsp3) is 0.909. The van der Waals surface area contributed by atoms with Gasteiger partial charge in [-0.05, 0) is 12.8 Å². The van der Waals surface area contributed by atoms with E-state index in [1.165, 1.54) is 109 Å². The zero-order valence-corrected chi connectivity index (χ0v) is 28.9. The van der Waals surface area contributed by atoms with E-state index in [4.69, 9.17) is 10.3 Å². The Morgan fingerprint density at radius 3 is 1.81 bits per heavy atom. The molecule has 1 heterocycles. The van der Waals surface area contributed by atoms with Crippen LogP contribution in [0.1, 0.15) is 149 Å².